The van der Waals surface area contributed by atoms with Crippen molar-refractivity contribution in [3.05, 3.63) is 11.6 Å². The lowest BCUT2D eigenvalue weighted by Gasteiger charge is -2.22. The lowest BCUT2D eigenvalue weighted by Crippen LogP contribution is -2.46. The molecule has 1 unspecified atom stereocenters. The first-order valence-corrected chi connectivity index (χ1v) is 7.71. The molecule has 1 aliphatic carbocycles. The van der Waals surface area contributed by atoms with E-state index in [9.17, 15) is 9.59 Å². The Labute approximate surface area is 123 Å². The van der Waals surface area contributed by atoms with E-state index >= 15 is 0 Å². The van der Waals surface area contributed by atoms with Crippen LogP contribution in [0.5, 0.6) is 0 Å². The molecule has 1 aliphatic heterocycles. The molecular weight excluding hydrogens is 270 g/mol. The van der Waals surface area contributed by atoms with Gasteiger partial charge in [0.25, 0.3) is 5.91 Å². The predicted molar refractivity (Wildman–Crippen MR) is 75.6 cm³/mol. The average molecular weight is 291 g/mol. The first-order valence-electron chi connectivity index (χ1n) is 7.71. The highest BCUT2D eigenvalue weighted by molar-refractivity contribution is 5.95. The number of carbonyl (C=O) groups is 2. The number of H-pyrrole nitrogens is 1. The summed E-state index contributed by atoms with van der Waals surface area (Å²) >= 11 is 0. The topological polar surface area (TPSA) is 91.0 Å². The van der Waals surface area contributed by atoms with Crippen LogP contribution in [0.1, 0.15) is 55.5 Å². The maximum atomic E-state index is 12.5. The molecule has 21 heavy (non-hydrogen) atoms. The van der Waals surface area contributed by atoms with Gasteiger partial charge in [-0.05, 0) is 32.1 Å². The van der Waals surface area contributed by atoms with Crippen LogP contribution < -0.4 is 5.32 Å². The van der Waals surface area contributed by atoms with Crippen LogP contribution in [-0.4, -0.2) is 50.5 Å². The van der Waals surface area contributed by atoms with Crippen LogP contribution in [0.3, 0.4) is 0 Å². The van der Waals surface area contributed by atoms with Gasteiger partial charge in [-0.25, -0.2) is 4.98 Å². The largest absolute Gasteiger partial charge is 0.352 e. The Morgan fingerprint density at radius 2 is 2.19 bits per heavy atom. The SMILES string of the molecule is CCCc1nc(C(=O)N2CCCC2C(=O)NC2CC2)n[nH]1. The molecule has 0 spiro atoms. The summed E-state index contributed by atoms with van der Waals surface area (Å²) < 4.78 is 0. The van der Waals surface area contributed by atoms with E-state index in [1.807, 2.05) is 6.92 Å². The number of aromatic nitrogens is 3. The Balaban J connectivity index is 1.67. The zero-order chi connectivity index (χ0) is 14.8. The highest BCUT2D eigenvalue weighted by Gasteiger charge is 2.37. The molecule has 0 radical (unpaired) electrons. The number of likely N-dealkylation sites (tertiary alicyclic amines) is 1. The van der Waals surface area contributed by atoms with Crippen molar-refractivity contribution in [1.29, 1.82) is 0 Å². The van der Waals surface area contributed by atoms with Crippen LogP contribution in [0.4, 0.5) is 0 Å². The number of aromatic amines is 1. The lowest BCUT2D eigenvalue weighted by molar-refractivity contribution is -0.125. The van der Waals surface area contributed by atoms with Crippen LogP contribution in [0.25, 0.3) is 0 Å². The van der Waals surface area contributed by atoms with E-state index in [1.165, 1.54) is 0 Å². The number of nitrogens with one attached hydrogen (secondary N) is 2. The number of rotatable bonds is 5. The zero-order valence-electron chi connectivity index (χ0n) is 12.3. The standard InChI is InChI=1S/C14H21N5O2/c1-2-4-11-16-12(18-17-11)14(21)19-8-3-5-10(19)13(20)15-9-6-7-9/h9-10H,2-8H2,1H3,(H,15,20)(H,16,17,18). The molecule has 2 aliphatic rings. The average Bonchev–Trinajstić information content (AvgIpc) is 2.98. The van der Waals surface area contributed by atoms with Crippen LogP contribution in [-0.2, 0) is 11.2 Å². The van der Waals surface area contributed by atoms with Crippen molar-refractivity contribution in [3.8, 4) is 0 Å². The number of amides is 2. The van der Waals surface area contributed by atoms with Gasteiger partial charge in [0.15, 0.2) is 0 Å². The van der Waals surface area contributed by atoms with E-state index in [0.29, 0.717) is 12.6 Å². The quantitative estimate of drug-likeness (QED) is 0.833. The molecule has 0 bridgehead atoms. The van der Waals surface area contributed by atoms with Gasteiger partial charge in [-0.1, -0.05) is 6.92 Å². The molecule has 1 atom stereocenters. The normalized spacial score (nSPS) is 21.6. The first kappa shape index (κ1) is 14.0. The predicted octanol–water partition coefficient (Wildman–Crippen LogP) is 0.640. The fraction of sp³-hybridized carbons (Fsp3) is 0.714. The Kier molecular flexibility index (Phi) is 3.90. The molecule has 114 valence electrons. The van der Waals surface area contributed by atoms with Crippen LogP contribution in [0.2, 0.25) is 0 Å². The van der Waals surface area contributed by atoms with Gasteiger partial charge in [-0.3, -0.25) is 14.7 Å². The van der Waals surface area contributed by atoms with E-state index in [2.05, 4.69) is 20.5 Å². The van der Waals surface area contributed by atoms with Gasteiger partial charge < -0.3 is 10.2 Å². The lowest BCUT2D eigenvalue weighted by atomic mass is 10.2. The van der Waals surface area contributed by atoms with E-state index in [-0.39, 0.29) is 23.7 Å². The second-order valence-electron chi connectivity index (χ2n) is 5.80. The van der Waals surface area contributed by atoms with Gasteiger partial charge in [0.2, 0.25) is 11.7 Å². The number of hydrogen-bond acceptors (Lipinski definition) is 4. The molecule has 3 rings (SSSR count). The van der Waals surface area contributed by atoms with Crippen molar-refractivity contribution in [2.75, 3.05) is 6.54 Å². The number of hydrogen-bond donors (Lipinski definition) is 2. The second-order valence-corrected chi connectivity index (χ2v) is 5.80. The molecule has 1 aromatic heterocycles. The number of carbonyl (C=O) groups excluding carboxylic acids is 2. The number of nitrogens with zero attached hydrogens (tertiary/aromatic N) is 3. The molecule has 0 aromatic carbocycles. The van der Waals surface area contributed by atoms with Crippen molar-refractivity contribution in [3.63, 3.8) is 0 Å². The summed E-state index contributed by atoms with van der Waals surface area (Å²) in [5, 5.41) is 9.75. The maximum Gasteiger partial charge on any atom is 0.294 e. The van der Waals surface area contributed by atoms with Gasteiger partial charge in [-0.15, -0.1) is 5.10 Å². The van der Waals surface area contributed by atoms with Gasteiger partial charge >= 0.3 is 0 Å². The summed E-state index contributed by atoms with van der Waals surface area (Å²) in [5.41, 5.74) is 0. The highest BCUT2D eigenvalue weighted by atomic mass is 16.2. The van der Waals surface area contributed by atoms with Crippen LogP contribution in [0.15, 0.2) is 0 Å². The molecule has 7 heteroatoms. The second kappa shape index (κ2) is 5.83. The third kappa shape index (κ3) is 3.06. The van der Waals surface area contributed by atoms with E-state index in [0.717, 1.165) is 44.3 Å². The van der Waals surface area contributed by atoms with E-state index in [4.69, 9.17) is 0 Å². The van der Waals surface area contributed by atoms with Gasteiger partial charge in [0.1, 0.15) is 11.9 Å². The Bertz CT molecular complexity index is 537. The summed E-state index contributed by atoms with van der Waals surface area (Å²) in [4.78, 5) is 30.5. The minimum atomic E-state index is -0.369. The zero-order valence-corrected chi connectivity index (χ0v) is 12.3. The Morgan fingerprint density at radius 1 is 1.38 bits per heavy atom. The maximum absolute atomic E-state index is 12.5. The minimum absolute atomic E-state index is 0.0346. The van der Waals surface area contributed by atoms with Gasteiger partial charge in [0.05, 0.1) is 0 Å². The van der Waals surface area contributed by atoms with Crippen molar-refractivity contribution in [1.82, 2.24) is 25.4 Å². The molecular formula is C14H21N5O2. The van der Waals surface area contributed by atoms with E-state index in [1.54, 1.807) is 4.90 Å². The van der Waals surface area contributed by atoms with Crippen LogP contribution >= 0.6 is 0 Å². The monoisotopic (exact) mass is 291 g/mol. The fourth-order valence-electron chi connectivity index (χ4n) is 2.68. The Hall–Kier alpha value is -1.92. The summed E-state index contributed by atoms with van der Waals surface area (Å²) in [6.45, 7) is 2.64. The summed E-state index contributed by atoms with van der Waals surface area (Å²) in [6.07, 6.45) is 5.38. The fourth-order valence-corrected chi connectivity index (χ4v) is 2.68. The molecule has 2 N–H and O–H groups in total. The summed E-state index contributed by atoms with van der Waals surface area (Å²) in [6, 6.07) is -0.0547. The first-order chi connectivity index (χ1) is 10.2. The van der Waals surface area contributed by atoms with Crippen molar-refractivity contribution >= 4 is 11.8 Å². The summed E-state index contributed by atoms with van der Waals surface area (Å²) in [7, 11) is 0. The van der Waals surface area contributed by atoms with Crippen molar-refractivity contribution in [2.24, 2.45) is 0 Å². The third-order valence-electron chi connectivity index (χ3n) is 3.95. The molecule has 2 heterocycles. The molecule has 7 nitrogen and oxygen atoms in total. The third-order valence-corrected chi connectivity index (χ3v) is 3.95. The molecule has 2 amide bonds. The number of aryl methyl sites for hydroxylation is 1. The molecule has 2 fully saturated rings. The van der Waals surface area contributed by atoms with E-state index < -0.39 is 0 Å². The minimum Gasteiger partial charge on any atom is -0.352 e. The van der Waals surface area contributed by atoms with Gasteiger partial charge in [-0.2, -0.15) is 0 Å². The molecule has 1 saturated heterocycles. The molecule has 1 aromatic rings. The van der Waals surface area contributed by atoms with Crippen molar-refractivity contribution in [2.45, 2.75) is 57.5 Å². The van der Waals surface area contributed by atoms with Crippen LogP contribution in [0, 0.1) is 0 Å². The smallest absolute Gasteiger partial charge is 0.294 e. The van der Waals surface area contributed by atoms with Crippen molar-refractivity contribution < 1.29 is 9.59 Å². The van der Waals surface area contributed by atoms with Gasteiger partial charge in [0, 0.05) is 19.0 Å². The highest BCUT2D eigenvalue weighted by Crippen LogP contribution is 2.23. The molecule has 1 saturated carbocycles. The Morgan fingerprint density at radius 3 is 2.90 bits per heavy atom. The summed E-state index contributed by atoms with van der Waals surface area (Å²) in [5.74, 6) is 0.610.